The Morgan fingerprint density at radius 3 is 2.03 bits per heavy atom. The number of nitro groups is 1. The monoisotopic (exact) mass is 449 g/mol. The van der Waals surface area contributed by atoms with Gasteiger partial charge in [-0.05, 0) is 17.7 Å². The number of aliphatic hydroxyl groups excluding tert-OH is 8. The lowest BCUT2D eigenvalue weighted by Gasteiger charge is -2.50. The van der Waals surface area contributed by atoms with Crippen LogP contribution in [-0.2, 0) is 19.8 Å². The zero-order chi connectivity index (χ0) is 23.1. The van der Waals surface area contributed by atoms with Crippen LogP contribution in [0, 0.1) is 10.1 Å². The molecule has 0 bridgehead atoms. The molecule has 0 spiro atoms. The van der Waals surface area contributed by atoms with Crippen molar-refractivity contribution in [1.29, 1.82) is 0 Å². The van der Waals surface area contributed by atoms with Gasteiger partial charge in [0, 0.05) is 12.1 Å². The molecular formula is C17H23NO13. The summed E-state index contributed by atoms with van der Waals surface area (Å²) >= 11 is 0. The zero-order valence-electron chi connectivity index (χ0n) is 15.8. The van der Waals surface area contributed by atoms with E-state index in [9.17, 15) is 51.0 Å². The molecule has 2 saturated heterocycles. The molecule has 2 aliphatic heterocycles. The van der Waals surface area contributed by atoms with E-state index in [4.69, 9.17) is 14.2 Å². The molecule has 10 atom stereocenters. The molecule has 0 unspecified atom stereocenters. The minimum absolute atomic E-state index is 0.0120. The first kappa shape index (κ1) is 23.8. The summed E-state index contributed by atoms with van der Waals surface area (Å²) in [5.74, 6) is 0. The molecule has 174 valence electrons. The van der Waals surface area contributed by atoms with Crippen molar-refractivity contribution in [3.8, 4) is 0 Å². The predicted molar refractivity (Wildman–Crippen MR) is 94.7 cm³/mol. The Labute approximate surface area is 174 Å². The number of aliphatic hydroxyl groups is 8. The van der Waals surface area contributed by atoms with Gasteiger partial charge in [0.25, 0.3) is 5.69 Å². The van der Waals surface area contributed by atoms with Crippen molar-refractivity contribution in [1.82, 2.24) is 0 Å². The predicted octanol–water partition coefficient (Wildman–Crippen LogP) is -4.00. The molecule has 2 fully saturated rings. The Balaban J connectivity index is 1.99. The summed E-state index contributed by atoms with van der Waals surface area (Å²) in [5.41, 5.74) is -2.44. The maximum atomic E-state index is 10.9. The molecule has 0 amide bonds. The van der Waals surface area contributed by atoms with Gasteiger partial charge in [0.1, 0.15) is 42.2 Å². The molecular weight excluding hydrogens is 426 g/mol. The van der Waals surface area contributed by atoms with Gasteiger partial charge in [0.15, 0.2) is 18.9 Å². The van der Waals surface area contributed by atoms with E-state index in [0.29, 0.717) is 0 Å². The van der Waals surface area contributed by atoms with Crippen molar-refractivity contribution in [3.05, 3.63) is 39.9 Å². The van der Waals surface area contributed by atoms with Crippen molar-refractivity contribution in [2.24, 2.45) is 0 Å². The van der Waals surface area contributed by atoms with Crippen molar-refractivity contribution < 1.29 is 60.0 Å². The molecule has 1 aromatic carbocycles. The first-order valence-corrected chi connectivity index (χ1v) is 9.14. The fourth-order valence-electron chi connectivity index (χ4n) is 3.57. The maximum Gasteiger partial charge on any atom is 0.269 e. The summed E-state index contributed by atoms with van der Waals surface area (Å²) in [6.07, 6.45) is -17.2. The van der Waals surface area contributed by atoms with Crippen LogP contribution in [0.1, 0.15) is 5.56 Å². The topological polar surface area (TPSA) is 233 Å². The van der Waals surface area contributed by atoms with Crippen LogP contribution in [0.2, 0.25) is 0 Å². The standard InChI is InChI=1S/C17H23NO13/c19-5-17(6-1-3-7(4-2-6)18(27)28)13(9(21)11(23)15(26)31-17)29-16-12(24)8(20)10(22)14(25)30-16/h1-4,8-16,19-26H,5H2/t8-,9-,10-,11+,12+,13-,14-,15+,16+,17-/m0/s1. The fourth-order valence-corrected chi connectivity index (χ4v) is 3.57. The van der Waals surface area contributed by atoms with Gasteiger partial charge in [-0.25, -0.2) is 0 Å². The first-order valence-electron chi connectivity index (χ1n) is 9.14. The average Bonchev–Trinajstić information content (AvgIpc) is 2.76. The molecule has 0 aliphatic carbocycles. The number of nitrogens with zero attached hydrogens (tertiary/aromatic N) is 1. The Morgan fingerprint density at radius 1 is 0.903 bits per heavy atom. The third kappa shape index (κ3) is 4.15. The number of nitro benzene ring substituents is 1. The second kappa shape index (κ2) is 8.97. The Bertz CT molecular complexity index is 778. The van der Waals surface area contributed by atoms with Crippen LogP contribution in [0.25, 0.3) is 0 Å². The molecule has 2 aliphatic rings. The van der Waals surface area contributed by atoms with Crippen LogP contribution in [0.4, 0.5) is 5.69 Å². The molecule has 0 aromatic heterocycles. The van der Waals surface area contributed by atoms with E-state index in [1.165, 1.54) is 0 Å². The lowest BCUT2D eigenvalue weighted by Crippen LogP contribution is -2.67. The van der Waals surface area contributed by atoms with E-state index in [0.717, 1.165) is 24.3 Å². The fraction of sp³-hybridized carbons (Fsp3) is 0.647. The largest absolute Gasteiger partial charge is 0.393 e. The SMILES string of the molecule is O=[N+]([O-])c1ccc([C@]2(CO)O[C@@H](O)[C@H](O)[C@H](O)[C@@H]2O[C@@H]2O[C@H](O)[C@@H](O)[C@H](O)[C@H]2O)cc1. The van der Waals surface area contributed by atoms with Crippen molar-refractivity contribution in [3.63, 3.8) is 0 Å². The van der Waals surface area contributed by atoms with Crippen LogP contribution in [0.5, 0.6) is 0 Å². The summed E-state index contributed by atoms with van der Waals surface area (Å²) in [6.45, 7) is -0.979. The molecule has 2 heterocycles. The molecule has 31 heavy (non-hydrogen) atoms. The number of non-ortho nitro benzene ring substituents is 1. The molecule has 0 radical (unpaired) electrons. The molecule has 8 N–H and O–H groups in total. The molecule has 14 nitrogen and oxygen atoms in total. The van der Waals surface area contributed by atoms with E-state index >= 15 is 0 Å². The summed E-state index contributed by atoms with van der Waals surface area (Å²) in [4.78, 5) is 10.2. The maximum absolute atomic E-state index is 10.9. The van der Waals surface area contributed by atoms with E-state index in [1.54, 1.807) is 0 Å². The summed E-state index contributed by atoms with van der Waals surface area (Å²) < 4.78 is 15.7. The Hall–Kier alpha value is -1.82. The van der Waals surface area contributed by atoms with Gasteiger partial charge in [-0.15, -0.1) is 0 Å². The van der Waals surface area contributed by atoms with Gasteiger partial charge < -0.3 is 55.1 Å². The van der Waals surface area contributed by atoms with Gasteiger partial charge in [0.2, 0.25) is 0 Å². The smallest absolute Gasteiger partial charge is 0.269 e. The van der Waals surface area contributed by atoms with Crippen molar-refractivity contribution in [2.45, 2.75) is 61.1 Å². The van der Waals surface area contributed by atoms with Crippen LogP contribution in [0.3, 0.4) is 0 Å². The van der Waals surface area contributed by atoms with Crippen LogP contribution >= 0.6 is 0 Å². The van der Waals surface area contributed by atoms with Crippen LogP contribution in [-0.4, -0.2) is 108 Å². The lowest BCUT2D eigenvalue weighted by molar-refractivity contribution is -0.395. The number of ether oxygens (including phenoxy) is 3. The van der Waals surface area contributed by atoms with Crippen LogP contribution in [0.15, 0.2) is 24.3 Å². The van der Waals surface area contributed by atoms with Gasteiger partial charge in [0.05, 0.1) is 11.5 Å². The highest BCUT2D eigenvalue weighted by atomic mass is 16.8. The first-order chi connectivity index (χ1) is 14.5. The minimum Gasteiger partial charge on any atom is -0.393 e. The number of hydrogen-bond donors (Lipinski definition) is 8. The highest BCUT2D eigenvalue weighted by Gasteiger charge is 2.57. The van der Waals surface area contributed by atoms with Crippen LogP contribution < -0.4 is 0 Å². The van der Waals surface area contributed by atoms with E-state index in [2.05, 4.69) is 0 Å². The molecule has 0 saturated carbocycles. The van der Waals surface area contributed by atoms with Gasteiger partial charge >= 0.3 is 0 Å². The zero-order valence-corrected chi connectivity index (χ0v) is 15.8. The Morgan fingerprint density at radius 2 is 1.48 bits per heavy atom. The van der Waals surface area contributed by atoms with E-state index < -0.39 is 72.6 Å². The second-order valence-corrected chi connectivity index (χ2v) is 7.26. The van der Waals surface area contributed by atoms with Gasteiger partial charge in [-0.1, -0.05) is 0 Å². The summed E-state index contributed by atoms with van der Waals surface area (Å²) in [6, 6.07) is 4.44. The minimum atomic E-state index is -2.12. The molecule has 1 aromatic rings. The van der Waals surface area contributed by atoms with Gasteiger partial charge in [-0.2, -0.15) is 0 Å². The lowest BCUT2D eigenvalue weighted by atomic mass is 9.81. The quantitative estimate of drug-likeness (QED) is 0.158. The van der Waals surface area contributed by atoms with Gasteiger partial charge in [-0.3, -0.25) is 10.1 Å². The third-order valence-electron chi connectivity index (χ3n) is 5.37. The second-order valence-electron chi connectivity index (χ2n) is 7.26. The highest BCUT2D eigenvalue weighted by Crippen LogP contribution is 2.41. The van der Waals surface area contributed by atoms with E-state index in [1.807, 2.05) is 0 Å². The highest BCUT2D eigenvalue weighted by molar-refractivity contribution is 5.37. The van der Waals surface area contributed by atoms with Crippen molar-refractivity contribution in [2.75, 3.05) is 6.61 Å². The number of benzene rings is 1. The third-order valence-corrected chi connectivity index (χ3v) is 5.37. The van der Waals surface area contributed by atoms with E-state index in [-0.39, 0.29) is 11.3 Å². The average molecular weight is 449 g/mol. The number of rotatable bonds is 5. The number of hydrogen-bond acceptors (Lipinski definition) is 13. The Kier molecular flexibility index (Phi) is 6.90. The van der Waals surface area contributed by atoms with Crippen molar-refractivity contribution >= 4 is 5.69 Å². The summed E-state index contributed by atoms with van der Waals surface area (Å²) in [7, 11) is 0. The normalized spacial score (nSPS) is 43.5. The molecule has 14 heteroatoms. The summed E-state index contributed by atoms with van der Waals surface area (Å²) in [5, 5.41) is 90.9. The molecule has 3 rings (SSSR count).